The minimum absolute atomic E-state index is 0.985. The van der Waals surface area contributed by atoms with E-state index in [1.807, 2.05) is 34.9 Å². The third-order valence-electron chi connectivity index (χ3n) is 7.19. The molecule has 4 aromatic rings. The first-order valence-corrected chi connectivity index (χ1v) is 18.9. The molecule has 0 saturated carbocycles. The van der Waals surface area contributed by atoms with Crippen molar-refractivity contribution in [2.75, 3.05) is 22.9 Å². The predicted molar refractivity (Wildman–Crippen MR) is 174 cm³/mol. The Morgan fingerprint density at radius 1 is 0.700 bits per heavy atom. The van der Waals surface area contributed by atoms with Gasteiger partial charge in [-0.3, -0.25) is 0 Å². The molecule has 1 heterocycles. The first-order chi connectivity index (χ1) is 19.0. The molecule has 0 bridgehead atoms. The molecular formula is C35H38Cl2N2Ru. The summed E-state index contributed by atoms with van der Waals surface area (Å²) < 4.78 is 1.93. The van der Waals surface area contributed by atoms with Gasteiger partial charge in [0.05, 0.1) is 0 Å². The fourth-order valence-corrected chi connectivity index (χ4v) is 7.62. The van der Waals surface area contributed by atoms with E-state index >= 15 is 0 Å². The van der Waals surface area contributed by atoms with E-state index in [9.17, 15) is 0 Å². The van der Waals surface area contributed by atoms with Crippen LogP contribution in [-0.2, 0) is 13.5 Å². The number of halogens is 2. The fraction of sp³-hybridized carbons (Fsp3) is 0.229. The molecular weight excluding hydrogens is 620 g/mol. The van der Waals surface area contributed by atoms with Crippen molar-refractivity contribution < 1.29 is 13.5 Å². The standard InChI is InChI=1S/C21H27N2.C14H11.2ClH.Ru/c1-14-9-16(3)20(17(4)10-14)22-7-8-23(13-22)21-18(5)11-15(2)12-19(21)6;1-11-7-6-10-14(12(11)2)13-8-4-3-5-9-13;;;/h9-13H,7-8H2,1-6H3;1,3-10H,2H2;2*1H;/q-1;+1;;;+2/p-2. The Hall–Kier alpha value is -2.58. The molecule has 0 N–H and O–H groups in total. The van der Waals surface area contributed by atoms with Crippen LogP contribution in [0.3, 0.4) is 0 Å². The molecule has 0 amide bonds. The Balaban J connectivity index is 0.000000194. The van der Waals surface area contributed by atoms with Gasteiger partial charge >= 0.3 is 115 Å². The number of anilines is 2. The van der Waals surface area contributed by atoms with Gasteiger partial charge in [0.15, 0.2) is 0 Å². The number of rotatable bonds is 4. The van der Waals surface area contributed by atoms with Gasteiger partial charge in [-0.25, -0.2) is 0 Å². The summed E-state index contributed by atoms with van der Waals surface area (Å²) in [6, 6.07) is 25.4. The van der Waals surface area contributed by atoms with Gasteiger partial charge in [-0.05, 0) is 63.8 Å². The van der Waals surface area contributed by atoms with Crippen LogP contribution in [0.15, 0.2) is 72.8 Å². The average molecular weight is 659 g/mol. The topological polar surface area (TPSA) is 6.48 Å². The summed E-state index contributed by atoms with van der Waals surface area (Å²) >= 11 is -1.80. The third-order valence-corrected chi connectivity index (χ3v) is 9.02. The summed E-state index contributed by atoms with van der Waals surface area (Å²) in [4.78, 5) is 4.81. The maximum absolute atomic E-state index is 5.91. The minimum atomic E-state index is -1.80. The predicted octanol–water partition coefficient (Wildman–Crippen LogP) is 9.59. The van der Waals surface area contributed by atoms with Gasteiger partial charge in [-0.15, -0.1) is 0 Å². The first-order valence-electron chi connectivity index (χ1n) is 13.4. The Labute approximate surface area is 254 Å². The van der Waals surface area contributed by atoms with Crippen LogP contribution in [0, 0.1) is 55.1 Å². The van der Waals surface area contributed by atoms with E-state index in [1.54, 1.807) is 0 Å². The summed E-state index contributed by atoms with van der Waals surface area (Å²) in [5.41, 5.74) is 15.1. The normalized spacial score (nSPS) is 13.2. The average Bonchev–Trinajstić information content (AvgIpc) is 3.33. The van der Waals surface area contributed by atoms with Crippen molar-refractivity contribution >= 4 is 35.4 Å². The molecule has 1 fully saturated rings. The number of benzene rings is 4. The second kappa shape index (κ2) is 13.4. The van der Waals surface area contributed by atoms with Crippen LogP contribution in [-0.4, -0.2) is 17.7 Å². The van der Waals surface area contributed by atoms with E-state index in [0.717, 1.165) is 35.3 Å². The van der Waals surface area contributed by atoms with Crippen LogP contribution in [0.5, 0.6) is 0 Å². The van der Waals surface area contributed by atoms with Gasteiger partial charge in [-0.2, -0.15) is 6.67 Å². The zero-order chi connectivity index (χ0) is 29.0. The Kier molecular flexibility index (Phi) is 10.2. The number of hydrogen-bond acceptors (Lipinski definition) is 2. The van der Waals surface area contributed by atoms with Crippen molar-refractivity contribution in [2.45, 2.75) is 41.5 Å². The molecule has 0 aromatic heterocycles. The Morgan fingerprint density at radius 3 is 1.62 bits per heavy atom. The molecule has 0 unspecified atom stereocenters. The van der Waals surface area contributed by atoms with Crippen molar-refractivity contribution in [3.05, 3.63) is 131 Å². The Morgan fingerprint density at radius 2 is 1.18 bits per heavy atom. The molecule has 210 valence electrons. The molecule has 0 atom stereocenters. The van der Waals surface area contributed by atoms with Crippen LogP contribution in [0.1, 0.15) is 44.5 Å². The molecule has 0 spiro atoms. The van der Waals surface area contributed by atoms with Crippen molar-refractivity contribution in [2.24, 2.45) is 0 Å². The van der Waals surface area contributed by atoms with Crippen molar-refractivity contribution in [1.29, 1.82) is 0 Å². The molecule has 2 nitrogen and oxygen atoms in total. The quantitative estimate of drug-likeness (QED) is 0.159. The number of hydrogen-bond donors (Lipinski definition) is 0. The zero-order valence-corrected chi connectivity index (χ0v) is 27.5. The Bertz CT molecular complexity index is 1410. The van der Waals surface area contributed by atoms with Crippen molar-refractivity contribution in [1.82, 2.24) is 0 Å². The van der Waals surface area contributed by atoms with Gasteiger partial charge in [-0.1, -0.05) is 35.4 Å². The van der Waals surface area contributed by atoms with Crippen LogP contribution in [0.25, 0.3) is 11.1 Å². The van der Waals surface area contributed by atoms with Gasteiger partial charge < -0.3 is 9.80 Å². The van der Waals surface area contributed by atoms with Crippen molar-refractivity contribution in [3.63, 3.8) is 0 Å². The van der Waals surface area contributed by atoms with Crippen LogP contribution in [0.4, 0.5) is 11.4 Å². The molecule has 0 radical (unpaired) electrons. The molecule has 40 heavy (non-hydrogen) atoms. The third kappa shape index (κ3) is 7.19. The molecule has 1 aliphatic rings. The van der Waals surface area contributed by atoms with E-state index in [0.29, 0.717) is 0 Å². The van der Waals surface area contributed by atoms with E-state index in [4.69, 9.17) is 19.4 Å². The van der Waals surface area contributed by atoms with Crippen LogP contribution in [0.2, 0.25) is 0 Å². The second-order valence-corrected chi connectivity index (χ2v) is 16.3. The summed E-state index contributed by atoms with van der Waals surface area (Å²) in [5.74, 6) is 0. The summed E-state index contributed by atoms with van der Waals surface area (Å²) in [5, 5.41) is 0. The molecule has 1 saturated heterocycles. The fourth-order valence-electron chi connectivity index (χ4n) is 5.76. The monoisotopic (exact) mass is 658 g/mol. The summed E-state index contributed by atoms with van der Waals surface area (Å²) in [7, 11) is 11.8. The van der Waals surface area contributed by atoms with E-state index in [-0.39, 0.29) is 0 Å². The molecule has 5 heteroatoms. The van der Waals surface area contributed by atoms with Gasteiger partial charge in [0.2, 0.25) is 0 Å². The first kappa shape index (κ1) is 30.4. The second-order valence-electron chi connectivity index (χ2n) is 10.5. The number of nitrogens with zero attached hydrogens (tertiary/aromatic N) is 2. The zero-order valence-electron chi connectivity index (χ0n) is 24.2. The SMILES string of the molecule is Cc1cc(C)c(N2[CH-]N(c3c(C)cc(C)cc3C)CC2)c(C)c1.[CH2+]c1c([CH]=[Ru]([Cl])[Cl])cccc1-c1ccccc1. The molecule has 0 aliphatic carbocycles. The van der Waals surface area contributed by atoms with E-state index < -0.39 is 13.5 Å². The van der Waals surface area contributed by atoms with Crippen LogP contribution >= 0.6 is 19.4 Å². The number of aryl methyl sites for hydroxylation is 6. The van der Waals surface area contributed by atoms with Gasteiger partial charge in [0, 0.05) is 24.5 Å². The summed E-state index contributed by atoms with van der Waals surface area (Å²) in [6.07, 6.45) is 0. The van der Waals surface area contributed by atoms with Crippen LogP contribution < -0.4 is 9.80 Å². The van der Waals surface area contributed by atoms with Gasteiger partial charge in [0.1, 0.15) is 0 Å². The molecule has 4 aromatic carbocycles. The van der Waals surface area contributed by atoms with Crippen molar-refractivity contribution in [3.8, 4) is 11.1 Å². The van der Waals surface area contributed by atoms with E-state index in [2.05, 4.69) is 107 Å². The van der Waals surface area contributed by atoms with E-state index in [1.165, 1.54) is 44.8 Å². The summed E-state index contributed by atoms with van der Waals surface area (Å²) in [6.45, 7) is 21.7. The van der Waals surface area contributed by atoms with Gasteiger partial charge in [0.25, 0.3) is 0 Å². The molecule has 1 aliphatic heterocycles. The molecule has 5 rings (SSSR count). The maximum atomic E-state index is 5.91.